The predicted molar refractivity (Wildman–Crippen MR) is 70.2 cm³/mol. The summed E-state index contributed by atoms with van der Waals surface area (Å²) in [6.07, 6.45) is 3.13. The molecule has 0 unspecified atom stereocenters. The van der Waals surface area contributed by atoms with Crippen molar-refractivity contribution in [1.82, 2.24) is 14.7 Å². The van der Waals surface area contributed by atoms with Gasteiger partial charge in [-0.05, 0) is 26.8 Å². The molecule has 0 spiro atoms. The monoisotopic (exact) mass is 281 g/mol. The summed E-state index contributed by atoms with van der Waals surface area (Å²) >= 11 is 0. The second-order valence-corrected chi connectivity index (χ2v) is 5.86. The maximum absolute atomic E-state index is 12.1. The van der Waals surface area contributed by atoms with Crippen molar-refractivity contribution in [3.05, 3.63) is 18.5 Å². The Morgan fingerprint density at radius 3 is 2.60 bits per heavy atom. The molecular formula is C13H19N3O4. The van der Waals surface area contributed by atoms with Gasteiger partial charge >= 0.3 is 12.1 Å². The Bertz CT molecular complexity index is 492. The maximum atomic E-state index is 12.1. The second kappa shape index (κ2) is 5.15. The number of amides is 1. The molecule has 0 bridgehead atoms. The Labute approximate surface area is 117 Å². The van der Waals surface area contributed by atoms with Gasteiger partial charge in [0, 0.05) is 25.4 Å². The molecule has 20 heavy (non-hydrogen) atoms. The van der Waals surface area contributed by atoms with E-state index in [-0.39, 0.29) is 12.6 Å². The van der Waals surface area contributed by atoms with Gasteiger partial charge in [0.15, 0.2) is 0 Å². The lowest BCUT2D eigenvalue weighted by atomic mass is 10.2. The van der Waals surface area contributed by atoms with Crippen LogP contribution < -0.4 is 0 Å². The summed E-state index contributed by atoms with van der Waals surface area (Å²) in [5.74, 6) is -1.02. The Hall–Kier alpha value is -2.05. The van der Waals surface area contributed by atoms with E-state index in [2.05, 4.69) is 5.10 Å². The molecule has 1 saturated heterocycles. The first-order chi connectivity index (χ1) is 9.28. The van der Waals surface area contributed by atoms with E-state index >= 15 is 0 Å². The Balaban J connectivity index is 2.14. The summed E-state index contributed by atoms with van der Waals surface area (Å²) in [4.78, 5) is 24.7. The van der Waals surface area contributed by atoms with Crippen LogP contribution >= 0.6 is 0 Å². The fourth-order valence-corrected chi connectivity index (χ4v) is 2.26. The first-order valence-electron chi connectivity index (χ1n) is 6.49. The molecule has 0 radical (unpaired) electrons. The lowest BCUT2D eigenvalue weighted by molar-refractivity contribution is -0.142. The van der Waals surface area contributed by atoms with E-state index < -0.39 is 23.7 Å². The average Bonchev–Trinajstić information content (AvgIpc) is 2.95. The molecule has 1 amide bonds. The van der Waals surface area contributed by atoms with E-state index in [0.717, 1.165) is 0 Å². The lowest BCUT2D eigenvalue weighted by Gasteiger charge is -2.26. The van der Waals surface area contributed by atoms with Crippen molar-refractivity contribution in [2.24, 2.45) is 0 Å². The van der Waals surface area contributed by atoms with Crippen LogP contribution in [0.5, 0.6) is 0 Å². The summed E-state index contributed by atoms with van der Waals surface area (Å²) in [6, 6.07) is 0.754. The first-order valence-corrected chi connectivity index (χ1v) is 6.49. The van der Waals surface area contributed by atoms with E-state index in [0.29, 0.717) is 6.42 Å². The lowest BCUT2D eigenvalue weighted by Crippen LogP contribution is -2.43. The highest BCUT2D eigenvalue weighted by atomic mass is 16.6. The van der Waals surface area contributed by atoms with Crippen LogP contribution in [-0.4, -0.2) is 50.0 Å². The molecule has 2 rings (SSSR count). The number of carboxylic acids is 1. The van der Waals surface area contributed by atoms with E-state index in [1.807, 2.05) is 0 Å². The Morgan fingerprint density at radius 2 is 2.10 bits per heavy atom. The topological polar surface area (TPSA) is 84.7 Å². The number of nitrogens with zero attached hydrogens (tertiary/aromatic N) is 3. The molecule has 110 valence electrons. The van der Waals surface area contributed by atoms with Crippen LogP contribution in [0.4, 0.5) is 4.79 Å². The number of hydrogen-bond donors (Lipinski definition) is 1. The molecule has 1 aromatic heterocycles. The van der Waals surface area contributed by atoms with Crippen LogP contribution in [0, 0.1) is 0 Å². The maximum Gasteiger partial charge on any atom is 0.411 e. The zero-order valence-electron chi connectivity index (χ0n) is 11.8. The van der Waals surface area contributed by atoms with Gasteiger partial charge in [-0.15, -0.1) is 0 Å². The van der Waals surface area contributed by atoms with Crippen molar-refractivity contribution in [2.45, 2.75) is 44.9 Å². The zero-order chi connectivity index (χ0) is 14.9. The van der Waals surface area contributed by atoms with Gasteiger partial charge in [0.05, 0.1) is 6.04 Å². The van der Waals surface area contributed by atoms with Crippen LogP contribution in [0.1, 0.15) is 33.2 Å². The van der Waals surface area contributed by atoms with Crippen molar-refractivity contribution < 1.29 is 19.4 Å². The van der Waals surface area contributed by atoms with E-state index in [1.54, 1.807) is 43.9 Å². The highest BCUT2D eigenvalue weighted by molar-refractivity contribution is 5.81. The van der Waals surface area contributed by atoms with Gasteiger partial charge in [-0.3, -0.25) is 9.58 Å². The van der Waals surface area contributed by atoms with Crippen LogP contribution in [-0.2, 0) is 9.53 Å². The van der Waals surface area contributed by atoms with Gasteiger partial charge in [-0.25, -0.2) is 9.59 Å². The summed E-state index contributed by atoms with van der Waals surface area (Å²) in [5, 5.41) is 13.4. The minimum absolute atomic E-state index is 0.140. The van der Waals surface area contributed by atoms with Gasteiger partial charge in [-0.1, -0.05) is 0 Å². The van der Waals surface area contributed by atoms with E-state index in [9.17, 15) is 14.7 Å². The van der Waals surface area contributed by atoms with Crippen LogP contribution in [0.2, 0.25) is 0 Å². The molecule has 7 nitrogen and oxygen atoms in total. The minimum atomic E-state index is -1.02. The fraction of sp³-hybridized carbons (Fsp3) is 0.615. The number of rotatable bonds is 2. The molecule has 7 heteroatoms. The molecule has 2 heterocycles. The molecular weight excluding hydrogens is 262 g/mol. The summed E-state index contributed by atoms with van der Waals surface area (Å²) in [6.45, 7) is 5.54. The largest absolute Gasteiger partial charge is 0.480 e. The molecule has 1 N–H and O–H groups in total. The molecule has 1 aromatic rings. The van der Waals surface area contributed by atoms with Gasteiger partial charge in [0.2, 0.25) is 0 Å². The smallest absolute Gasteiger partial charge is 0.411 e. The third-order valence-corrected chi connectivity index (χ3v) is 3.09. The molecule has 2 atom stereocenters. The van der Waals surface area contributed by atoms with Crippen LogP contribution in [0.25, 0.3) is 0 Å². The summed E-state index contributed by atoms with van der Waals surface area (Å²) < 4.78 is 6.94. The van der Waals surface area contributed by atoms with Crippen molar-refractivity contribution >= 4 is 12.1 Å². The highest BCUT2D eigenvalue weighted by Gasteiger charge is 2.42. The van der Waals surface area contributed by atoms with Gasteiger partial charge in [0.1, 0.15) is 11.6 Å². The number of ether oxygens (including phenoxy) is 1. The van der Waals surface area contributed by atoms with E-state index in [4.69, 9.17) is 4.74 Å². The SMILES string of the molecule is CC(C)(C)OC(=O)N1C[C@@H](n2cccn2)C[C@@H]1C(=O)O. The predicted octanol–water partition coefficient (Wildman–Crippen LogP) is 1.52. The van der Waals surface area contributed by atoms with Crippen molar-refractivity contribution in [3.63, 3.8) is 0 Å². The first kappa shape index (κ1) is 14.4. The molecule has 1 aliphatic heterocycles. The number of likely N-dealkylation sites (tertiary alicyclic amines) is 1. The van der Waals surface area contributed by atoms with Crippen molar-refractivity contribution in [1.29, 1.82) is 0 Å². The normalized spacial score (nSPS) is 22.9. The zero-order valence-corrected chi connectivity index (χ0v) is 11.8. The standard InChI is InChI=1S/C13H19N3O4/c1-13(2,3)20-12(19)15-8-9(7-10(15)11(17)18)16-6-4-5-14-16/h4-6,9-10H,7-8H2,1-3H3,(H,17,18)/t9-,10+/m0/s1. The summed E-state index contributed by atoms with van der Waals surface area (Å²) in [7, 11) is 0. The van der Waals surface area contributed by atoms with Crippen molar-refractivity contribution in [2.75, 3.05) is 6.54 Å². The van der Waals surface area contributed by atoms with Crippen molar-refractivity contribution in [3.8, 4) is 0 Å². The number of aliphatic carboxylic acids is 1. The van der Waals surface area contributed by atoms with Crippen LogP contribution in [0.15, 0.2) is 18.5 Å². The third-order valence-electron chi connectivity index (χ3n) is 3.09. The van der Waals surface area contributed by atoms with Gasteiger partial charge < -0.3 is 9.84 Å². The molecule has 1 fully saturated rings. The molecule has 0 aromatic carbocycles. The Kier molecular flexibility index (Phi) is 3.69. The average molecular weight is 281 g/mol. The summed E-state index contributed by atoms with van der Waals surface area (Å²) in [5.41, 5.74) is -0.649. The molecule has 0 saturated carbocycles. The van der Waals surface area contributed by atoms with Gasteiger partial charge in [0.25, 0.3) is 0 Å². The van der Waals surface area contributed by atoms with Gasteiger partial charge in [-0.2, -0.15) is 5.10 Å². The number of hydrogen-bond acceptors (Lipinski definition) is 4. The third kappa shape index (κ3) is 3.09. The molecule has 1 aliphatic rings. The fourth-order valence-electron chi connectivity index (χ4n) is 2.26. The quantitative estimate of drug-likeness (QED) is 0.888. The number of carboxylic acid groups (broad SMARTS) is 1. The van der Waals surface area contributed by atoms with E-state index in [1.165, 1.54) is 4.90 Å². The minimum Gasteiger partial charge on any atom is -0.480 e. The second-order valence-electron chi connectivity index (χ2n) is 5.86. The Morgan fingerprint density at radius 1 is 1.40 bits per heavy atom. The van der Waals surface area contributed by atoms with Crippen LogP contribution in [0.3, 0.4) is 0 Å². The highest BCUT2D eigenvalue weighted by Crippen LogP contribution is 2.28. The molecule has 0 aliphatic carbocycles. The number of carbonyl (C=O) groups is 2. The number of carbonyl (C=O) groups excluding carboxylic acids is 1. The number of aromatic nitrogens is 2.